The van der Waals surface area contributed by atoms with Crippen LogP contribution in [0.1, 0.15) is 18.4 Å². The number of amides is 1. The molecular weight excluding hydrogens is 460 g/mol. The summed E-state index contributed by atoms with van der Waals surface area (Å²) >= 11 is 7.60. The van der Waals surface area contributed by atoms with Crippen molar-refractivity contribution in [3.63, 3.8) is 0 Å². The molecule has 1 aliphatic heterocycles. The van der Waals surface area contributed by atoms with Crippen molar-refractivity contribution < 1.29 is 22.7 Å². The first kappa shape index (κ1) is 23.6. The molecule has 1 amide bonds. The largest absolute Gasteiger partial charge is 0.454 e. The van der Waals surface area contributed by atoms with Crippen molar-refractivity contribution in [2.45, 2.75) is 18.6 Å². The lowest BCUT2D eigenvalue weighted by molar-refractivity contribution is -0.121. The molecule has 0 radical (unpaired) electrons. The molecule has 2 aromatic rings. The highest BCUT2D eigenvalue weighted by molar-refractivity contribution is 7.98. The molecule has 0 aliphatic carbocycles. The second-order valence-electron chi connectivity index (χ2n) is 7.01. The summed E-state index contributed by atoms with van der Waals surface area (Å²) in [5, 5.41) is 3.60. The van der Waals surface area contributed by atoms with Crippen LogP contribution >= 0.6 is 23.4 Å². The molecule has 0 bridgehead atoms. The number of carbonyl (C=O) groups excluding carboxylic acids is 1. The predicted molar refractivity (Wildman–Crippen MR) is 125 cm³/mol. The van der Waals surface area contributed by atoms with Crippen molar-refractivity contribution in [3.05, 3.63) is 53.1 Å². The maximum atomic E-state index is 12.2. The van der Waals surface area contributed by atoms with Crippen LogP contribution in [-0.2, 0) is 20.6 Å². The van der Waals surface area contributed by atoms with Crippen LogP contribution in [0.5, 0.6) is 11.5 Å². The van der Waals surface area contributed by atoms with Gasteiger partial charge in [0.1, 0.15) is 0 Å². The van der Waals surface area contributed by atoms with Crippen molar-refractivity contribution in [1.29, 1.82) is 0 Å². The topological polar surface area (TPSA) is 84.9 Å². The summed E-state index contributed by atoms with van der Waals surface area (Å²) in [7, 11) is -3.49. The monoisotopic (exact) mass is 484 g/mol. The Morgan fingerprint density at radius 2 is 1.90 bits per heavy atom. The molecule has 2 aromatic carbocycles. The van der Waals surface area contributed by atoms with E-state index in [4.69, 9.17) is 21.1 Å². The summed E-state index contributed by atoms with van der Waals surface area (Å²) in [5.41, 5.74) is 1.68. The van der Waals surface area contributed by atoms with Crippen LogP contribution in [0.25, 0.3) is 0 Å². The fourth-order valence-corrected chi connectivity index (χ4v) is 4.93. The van der Waals surface area contributed by atoms with Gasteiger partial charge in [-0.2, -0.15) is 11.8 Å². The van der Waals surface area contributed by atoms with Gasteiger partial charge in [-0.25, -0.2) is 8.42 Å². The quantitative estimate of drug-likeness (QED) is 0.490. The Morgan fingerprint density at radius 3 is 2.65 bits per heavy atom. The molecule has 0 saturated carbocycles. The number of sulfonamides is 1. The molecule has 1 aliphatic rings. The first-order valence-corrected chi connectivity index (χ1v) is 13.2. The predicted octanol–water partition coefficient (Wildman–Crippen LogP) is 3.66. The van der Waals surface area contributed by atoms with Gasteiger partial charge in [-0.3, -0.25) is 9.10 Å². The lowest BCUT2D eigenvalue weighted by atomic mass is 10.2. The maximum absolute atomic E-state index is 12.2. The van der Waals surface area contributed by atoms with Crippen molar-refractivity contribution in [2.75, 3.05) is 36.2 Å². The van der Waals surface area contributed by atoms with Crippen LogP contribution < -0.4 is 19.1 Å². The van der Waals surface area contributed by atoms with E-state index in [9.17, 15) is 13.2 Å². The summed E-state index contributed by atoms with van der Waals surface area (Å²) in [6.07, 6.45) is 1.80. The molecule has 168 valence electrons. The Morgan fingerprint density at radius 1 is 1.16 bits per heavy atom. The minimum atomic E-state index is -3.49. The van der Waals surface area contributed by atoms with E-state index in [0.29, 0.717) is 35.2 Å². The Kier molecular flexibility index (Phi) is 8.34. The highest BCUT2D eigenvalue weighted by atomic mass is 35.5. The minimum Gasteiger partial charge on any atom is -0.454 e. The molecule has 1 N–H and O–H groups in total. The SMILES string of the molecule is CS(=O)(=O)N(CCCC(=O)NCCSCc1ccc(Cl)cc1)c1ccc2c(c1)OCO2. The second kappa shape index (κ2) is 11.0. The zero-order valence-corrected chi connectivity index (χ0v) is 19.6. The van der Waals surface area contributed by atoms with Gasteiger partial charge < -0.3 is 14.8 Å². The van der Waals surface area contributed by atoms with Crippen LogP contribution in [0.3, 0.4) is 0 Å². The number of hydrogen-bond acceptors (Lipinski definition) is 6. The molecule has 7 nitrogen and oxygen atoms in total. The van der Waals surface area contributed by atoms with Crippen molar-refractivity contribution in [3.8, 4) is 11.5 Å². The van der Waals surface area contributed by atoms with Crippen LogP contribution in [0.4, 0.5) is 5.69 Å². The van der Waals surface area contributed by atoms with Gasteiger partial charge in [-0.15, -0.1) is 0 Å². The molecule has 31 heavy (non-hydrogen) atoms. The van der Waals surface area contributed by atoms with E-state index in [-0.39, 0.29) is 25.7 Å². The maximum Gasteiger partial charge on any atom is 0.232 e. The van der Waals surface area contributed by atoms with Gasteiger partial charge in [0.05, 0.1) is 11.9 Å². The van der Waals surface area contributed by atoms with E-state index in [1.54, 1.807) is 30.0 Å². The van der Waals surface area contributed by atoms with Crippen molar-refractivity contribution >= 4 is 45.0 Å². The standard InChI is InChI=1S/C21H25ClN2O5S2/c1-31(26,27)24(18-8-9-19-20(13-18)29-15-28-19)11-2-3-21(25)23-10-12-30-14-16-4-6-17(22)7-5-16/h4-9,13H,2-3,10-12,14-15H2,1H3,(H,23,25). The number of benzene rings is 2. The van der Waals surface area contributed by atoms with Crippen molar-refractivity contribution in [2.24, 2.45) is 0 Å². The number of ether oxygens (including phenoxy) is 2. The van der Waals surface area contributed by atoms with Gasteiger partial charge in [-0.1, -0.05) is 23.7 Å². The fraction of sp³-hybridized carbons (Fsp3) is 0.381. The van der Waals surface area contributed by atoms with E-state index in [0.717, 1.165) is 17.8 Å². The Bertz CT molecular complexity index is 999. The molecule has 0 fully saturated rings. The van der Waals surface area contributed by atoms with Gasteiger partial charge in [0.15, 0.2) is 11.5 Å². The average Bonchev–Trinajstić information content (AvgIpc) is 3.19. The third-order valence-electron chi connectivity index (χ3n) is 4.56. The normalized spacial score (nSPS) is 12.6. The zero-order valence-electron chi connectivity index (χ0n) is 17.2. The second-order valence-corrected chi connectivity index (χ2v) is 10.5. The lowest BCUT2D eigenvalue weighted by Gasteiger charge is -2.22. The van der Waals surface area contributed by atoms with Gasteiger partial charge in [0, 0.05) is 42.1 Å². The lowest BCUT2D eigenvalue weighted by Crippen LogP contribution is -2.32. The molecule has 0 saturated heterocycles. The average molecular weight is 485 g/mol. The summed E-state index contributed by atoms with van der Waals surface area (Å²) in [6.45, 7) is 0.891. The van der Waals surface area contributed by atoms with E-state index >= 15 is 0 Å². The molecule has 0 unspecified atom stereocenters. The van der Waals surface area contributed by atoms with Gasteiger partial charge >= 0.3 is 0 Å². The minimum absolute atomic E-state index is 0.0915. The number of nitrogens with zero attached hydrogens (tertiary/aromatic N) is 1. The van der Waals surface area contributed by atoms with Crippen molar-refractivity contribution in [1.82, 2.24) is 5.32 Å². The number of anilines is 1. The van der Waals surface area contributed by atoms with E-state index in [1.165, 1.54) is 9.87 Å². The Labute approximate surface area is 192 Å². The van der Waals surface area contributed by atoms with Crippen LogP contribution in [0, 0.1) is 0 Å². The summed E-state index contributed by atoms with van der Waals surface area (Å²) < 4.78 is 36.3. The number of halogens is 1. The van der Waals surface area contributed by atoms with Gasteiger partial charge in [-0.05, 0) is 36.2 Å². The van der Waals surface area contributed by atoms with E-state index in [2.05, 4.69) is 5.32 Å². The molecule has 10 heteroatoms. The number of rotatable bonds is 11. The Balaban J connectivity index is 1.39. The summed E-state index contributed by atoms with van der Waals surface area (Å²) in [6, 6.07) is 12.7. The van der Waals surface area contributed by atoms with Crippen LogP contribution in [0.2, 0.25) is 5.02 Å². The first-order chi connectivity index (χ1) is 14.8. The molecule has 0 spiro atoms. The molecule has 0 aromatic heterocycles. The smallest absolute Gasteiger partial charge is 0.232 e. The third-order valence-corrected chi connectivity index (χ3v) is 7.04. The number of hydrogen-bond donors (Lipinski definition) is 1. The van der Waals surface area contributed by atoms with Gasteiger partial charge in [0.25, 0.3) is 0 Å². The molecule has 1 heterocycles. The number of fused-ring (bicyclic) bond motifs is 1. The van der Waals surface area contributed by atoms with Crippen LogP contribution in [-0.4, -0.2) is 46.2 Å². The highest BCUT2D eigenvalue weighted by Crippen LogP contribution is 2.36. The molecular formula is C21H25ClN2O5S2. The zero-order chi connectivity index (χ0) is 22.3. The molecule has 0 atom stereocenters. The fourth-order valence-electron chi connectivity index (χ4n) is 3.03. The van der Waals surface area contributed by atoms with Gasteiger partial charge in [0.2, 0.25) is 22.7 Å². The molecule has 3 rings (SSSR count). The number of thioether (sulfide) groups is 1. The summed E-state index contributed by atoms with van der Waals surface area (Å²) in [5.74, 6) is 2.66. The van der Waals surface area contributed by atoms with Crippen LogP contribution in [0.15, 0.2) is 42.5 Å². The van der Waals surface area contributed by atoms with E-state index in [1.807, 2.05) is 24.3 Å². The first-order valence-electron chi connectivity index (χ1n) is 9.79. The van der Waals surface area contributed by atoms with E-state index < -0.39 is 10.0 Å². The summed E-state index contributed by atoms with van der Waals surface area (Å²) in [4.78, 5) is 12.1. The highest BCUT2D eigenvalue weighted by Gasteiger charge is 2.21. The third kappa shape index (κ3) is 7.22. The Hall–Kier alpha value is -2.10. The number of carbonyl (C=O) groups is 1. The number of nitrogens with one attached hydrogen (secondary N) is 1.